The maximum absolute atomic E-state index is 12.4. The number of anilines is 1. The SMILES string of the molecule is Cc1ccc(-c2ccc(=O)n(CC(=O)Nc3ccc(Br)cc3C)n2)cc1C. The Morgan fingerprint density at radius 3 is 2.48 bits per heavy atom. The first kappa shape index (κ1) is 19.0. The van der Waals surface area contributed by atoms with E-state index < -0.39 is 0 Å². The molecule has 0 saturated heterocycles. The molecule has 0 aliphatic carbocycles. The topological polar surface area (TPSA) is 64.0 Å². The number of halogens is 1. The van der Waals surface area contributed by atoms with E-state index in [9.17, 15) is 9.59 Å². The molecule has 5 nitrogen and oxygen atoms in total. The molecular weight excluding hydrogens is 406 g/mol. The predicted molar refractivity (Wildman–Crippen MR) is 111 cm³/mol. The van der Waals surface area contributed by atoms with Gasteiger partial charge in [0.1, 0.15) is 6.54 Å². The summed E-state index contributed by atoms with van der Waals surface area (Å²) in [6.45, 7) is 5.84. The van der Waals surface area contributed by atoms with Crippen molar-refractivity contribution < 1.29 is 4.79 Å². The van der Waals surface area contributed by atoms with Gasteiger partial charge in [0.25, 0.3) is 5.56 Å². The van der Waals surface area contributed by atoms with Crippen LogP contribution in [-0.4, -0.2) is 15.7 Å². The molecule has 6 heteroatoms. The molecular formula is C21H20BrN3O2. The molecule has 0 saturated carbocycles. The van der Waals surface area contributed by atoms with Crippen LogP contribution in [0.5, 0.6) is 0 Å². The summed E-state index contributed by atoms with van der Waals surface area (Å²) >= 11 is 3.40. The molecule has 1 amide bonds. The smallest absolute Gasteiger partial charge is 0.267 e. The van der Waals surface area contributed by atoms with Crippen molar-refractivity contribution in [1.82, 2.24) is 9.78 Å². The zero-order chi connectivity index (χ0) is 19.6. The summed E-state index contributed by atoms with van der Waals surface area (Å²) in [5, 5.41) is 7.20. The van der Waals surface area contributed by atoms with Crippen molar-refractivity contribution in [3.63, 3.8) is 0 Å². The number of hydrogen-bond donors (Lipinski definition) is 1. The lowest BCUT2D eigenvalue weighted by Crippen LogP contribution is -2.29. The fourth-order valence-electron chi connectivity index (χ4n) is 2.71. The Hall–Kier alpha value is -2.73. The Morgan fingerprint density at radius 1 is 1.00 bits per heavy atom. The van der Waals surface area contributed by atoms with Gasteiger partial charge in [-0.3, -0.25) is 9.59 Å². The highest BCUT2D eigenvalue weighted by Crippen LogP contribution is 2.21. The van der Waals surface area contributed by atoms with Gasteiger partial charge in [-0.05, 0) is 67.8 Å². The normalized spacial score (nSPS) is 10.7. The van der Waals surface area contributed by atoms with Crippen molar-refractivity contribution >= 4 is 27.5 Å². The van der Waals surface area contributed by atoms with E-state index in [0.717, 1.165) is 21.2 Å². The third kappa shape index (κ3) is 4.52. The number of aromatic nitrogens is 2. The number of carbonyl (C=O) groups is 1. The molecule has 0 aliphatic heterocycles. The van der Waals surface area contributed by atoms with Crippen molar-refractivity contribution in [2.45, 2.75) is 27.3 Å². The third-order valence-corrected chi connectivity index (χ3v) is 4.92. The summed E-state index contributed by atoms with van der Waals surface area (Å²) in [4.78, 5) is 24.5. The number of carbonyl (C=O) groups excluding carboxylic acids is 1. The lowest BCUT2D eigenvalue weighted by atomic mass is 10.0. The van der Waals surface area contributed by atoms with Gasteiger partial charge in [0.15, 0.2) is 0 Å². The second-order valence-electron chi connectivity index (χ2n) is 6.52. The van der Waals surface area contributed by atoms with E-state index in [1.54, 1.807) is 6.07 Å². The fraction of sp³-hybridized carbons (Fsp3) is 0.190. The standard InChI is InChI=1S/C21H20BrN3O2/c1-13-4-5-16(10-14(13)2)19-8-9-21(27)25(24-19)12-20(26)23-18-7-6-17(22)11-15(18)3/h4-11H,12H2,1-3H3,(H,23,26). The molecule has 1 N–H and O–H groups in total. The average Bonchev–Trinajstić information content (AvgIpc) is 2.62. The van der Waals surface area contributed by atoms with Crippen LogP contribution in [0.3, 0.4) is 0 Å². The molecule has 0 aliphatic rings. The molecule has 3 rings (SSSR count). The van der Waals surface area contributed by atoms with E-state index >= 15 is 0 Å². The molecule has 1 aromatic heterocycles. The van der Waals surface area contributed by atoms with E-state index in [0.29, 0.717) is 11.4 Å². The van der Waals surface area contributed by atoms with E-state index in [1.807, 2.05) is 57.2 Å². The van der Waals surface area contributed by atoms with Gasteiger partial charge in [-0.2, -0.15) is 5.10 Å². The zero-order valence-electron chi connectivity index (χ0n) is 15.4. The summed E-state index contributed by atoms with van der Waals surface area (Å²) < 4.78 is 2.13. The quantitative estimate of drug-likeness (QED) is 0.679. The van der Waals surface area contributed by atoms with Crippen molar-refractivity contribution in [1.29, 1.82) is 0 Å². The van der Waals surface area contributed by atoms with E-state index in [-0.39, 0.29) is 18.0 Å². The van der Waals surface area contributed by atoms with Gasteiger partial charge in [-0.15, -0.1) is 0 Å². The lowest BCUT2D eigenvalue weighted by Gasteiger charge is -2.11. The first-order valence-electron chi connectivity index (χ1n) is 8.55. The highest BCUT2D eigenvalue weighted by Gasteiger charge is 2.10. The van der Waals surface area contributed by atoms with Gasteiger partial charge in [0.05, 0.1) is 5.69 Å². The molecule has 2 aromatic carbocycles. The monoisotopic (exact) mass is 425 g/mol. The summed E-state index contributed by atoms with van der Waals surface area (Å²) in [6, 6.07) is 14.7. The number of rotatable bonds is 4. The molecule has 0 atom stereocenters. The lowest BCUT2D eigenvalue weighted by molar-refractivity contribution is -0.117. The molecule has 0 unspecified atom stereocenters. The van der Waals surface area contributed by atoms with Crippen molar-refractivity contribution in [3.8, 4) is 11.3 Å². The molecule has 138 valence electrons. The zero-order valence-corrected chi connectivity index (χ0v) is 17.0. The van der Waals surface area contributed by atoms with Gasteiger partial charge in [-0.25, -0.2) is 4.68 Å². The summed E-state index contributed by atoms with van der Waals surface area (Å²) in [6.07, 6.45) is 0. The molecule has 3 aromatic rings. The second-order valence-corrected chi connectivity index (χ2v) is 7.44. The maximum atomic E-state index is 12.4. The van der Waals surface area contributed by atoms with E-state index in [2.05, 4.69) is 26.3 Å². The fourth-order valence-corrected chi connectivity index (χ4v) is 3.19. The Balaban J connectivity index is 1.83. The number of nitrogens with zero attached hydrogens (tertiary/aromatic N) is 2. The maximum Gasteiger partial charge on any atom is 0.267 e. The predicted octanol–water partition coefficient (Wildman–Crippen LogP) is 4.24. The van der Waals surface area contributed by atoms with Gasteiger partial charge in [0.2, 0.25) is 5.91 Å². The van der Waals surface area contributed by atoms with Crippen LogP contribution in [0.25, 0.3) is 11.3 Å². The molecule has 1 heterocycles. The number of benzene rings is 2. The molecule has 0 fully saturated rings. The molecule has 0 radical (unpaired) electrons. The van der Waals surface area contributed by atoms with Gasteiger partial charge < -0.3 is 5.32 Å². The van der Waals surface area contributed by atoms with Crippen LogP contribution in [-0.2, 0) is 11.3 Å². The molecule has 27 heavy (non-hydrogen) atoms. The van der Waals surface area contributed by atoms with Crippen LogP contribution in [0.2, 0.25) is 0 Å². The summed E-state index contributed by atoms with van der Waals surface area (Å²) in [5.74, 6) is -0.299. The third-order valence-electron chi connectivity index (χ3n) is 4.43. The Morgan fingerprint density at radius 2 is 1.78 bits per heavy atom. The van der Waals surface area contributed by atoms with Crippen molar-refractivity contribution in [2.75, 3.05) is 5.32 Å². The second kappa shape index (κ2) is 7.88. The Labute approximate surface area is 166 Å². The van der Waals surface area contributed by atoms with Crippen molar-refractivity contribution in [2.24, 2.45) is 0 Å². The summed E-state index contributed by atoms with van der Waals surface area (Å²) in [5.41, 5.74) is 5.24. The van der Waals surface area contributed by atoms with Gasteiger partial charge >= 0.3 is 0 Å². The highest BCUT2D eigenvalue weighted by atomic mass is 79.9. The first-order chi connectivity index (χ1) is 12.8. The van der Waals surface area contributed by atoms with Crippen molar-refractivity contribution in [3.05, 3.63) is 80.0 Å². The van der Waals surface area contributed by atoms with E-state index in [1.165, 1.54) is 16.3 Å². The molecule has 0 bridgehead atoms. The minimum absolute atomic E-state index is 0.146. The Bertz CT molecular complexity index is 1070. The number of aryl methyl sites for hydroxylation is 3. The van der Waals surface area contributed by atoms with Crippen LogP contribution in [0, 0.1) is 20.8 Å². The van der Waals surface area contributed by atoms with Crippen LogP contribution in [0.4, 0.5) is 5.69 Å². The Kier molecular flexibility index (Phi) is 5.56. The largest absolute Gasteiger partial charge is 0.324 e. The first-order valence-corrected chi connectivity index (χ1v) is 9.34. The minimum atomic E-state index is -0.315. The summed E-state index contributed by atoms with van der Waals surface area (Å²) in [7, 11) is 0. The van der Waals surface area contributed by atoms with Crippen LogP contribution >= 0.6 is 15.9 Å². The van der Waals surface area contributed by atoms with Crippen LogP contribution < -0.4 is 10.9 Å². The van der Waals surface area contributed by atoms with Gasteiger partial charge in [-0.1, -0.05) is 28.1 Å². The van der Waals surface area contributed by atoms with Gasteiger partial charge in [0, 0.05) is 21.8 Å². The van der Waals surface area contributed by atoms with E-state index in [4.69, 9.17) is 0 Å². The molecule has 0 spiro atoms. The average molecular weight is 426 g/mol. The minimum Gasteiger partial charge on any atom is -0.324 e. The number of amides is 1. The van der Waals surface area contributed by atoms with Crippen LogP contribution in [0.15, 0.2) is 57.8 Å². The number of hydrogen-bond acceptors (Lipinski definition) is 3. The van der Waals surface area contributed by atoms with Crippen LogP contribution in [0.1, 0.15) is 16.7 Å². The highest BCUT2D eigenvalue weighted by molar-refractivity contribution is 9.10. The number of nitrogens with one attached hydrogen (secondary N) is 1.